The predicted octanol–water partition coefficient (Wildman–Crippen LogP) is 2.21. The van der Waals surface area contributed by atoms with Crippen molar-refractivity contribution in [3.63, 3.8) is 0 Å². The van der Waals surface area contributed by atoms with Gasteiger partial charge in [-0.15, -0.1) is 11.8 Å². The van der Waals surface area contributed by atoms with Crippen molar-refractivity contribution < 1.29 is 4.74 Å². The molecule has 8 heteroatoms. The molecular weight excluding hydrogens is 408 g/mol. The third-order valence-electron chi connectivity index (χ3n) is 6.15. The molecule has 5 rings (SSSR count). The van der Waals surface area contributed by atoms with Crippen LogP contribution in [0.5, 0.6) is 5.75 Å². The molecule has 2 aliphatic rings. The number of para-hydroxylation sites is 1. The summed E-state index contributed by atoms with van der Waals surface area (Å²) in [5.41, 5.74) is 15.4. The number of thioether (sulfide) groups is 1. The molecule has 7 nitrogen and oxygen atoms in total. The molecule has 0 aliphatic carbocycles. The maximum atomic E-state index is 6.64. The molecule has 162 valence electrons. The van der Waals surface area contributed by atoms with E-state index in [0.717, 1.165) is 34.5 Å². The molecule has 2 aliphatic heterocycles. The zero-order valence-corrected chi connectivity index (χ0v) is 18.2. The Kier molecular flexibility index (Phi) is 5.81. The van der Waals surface area contributed by atoms with E-state index in [2.05, 4.69) is 27.3 Å². The quantitative estimate of drug-likeness (QED) is 0.541. The lowest BCUT2D eigenvalue weighted by molar-refractivity contribution is 0.237. The molecule has 0 saturated carbocycles. The SMILES string of the molecule is NC1NC(N)C(c2ccc(OCCN3CCCC3)cc2)(c2ncnc3ccccc23)S1. The lowest BCUT2D eigenvalue weighted by Crippen LogP contribution is -2.49. The summed E-state index contributed by atoms with van der Waals surface area (Å²) in [6, 6.07) is 16.2. The summed E-state index contributed by atoms with van der Waals surface area (Å²) >= 11 is 1.59. The van der Waals surface area contributed by atoms with Gasteiger partial charge in [-0.25, -0.2) is 9.97 Å². The van der Waals surface area contributed by atoms with Gasteiger partial charge in [-0.05, 0) is 49.7 Å². The monoisotopic (exact) mass is 436 g/mol. The van der Waals surface area contributed by atoms with Crippen molar-refractivity contribution in [2.45, 2.75) is 29.3 Å². The van der Waals surface area contributed by atoms with Crippen LogP contribution in [0.4, 0.5) is 0 Å². The van der Waals surface area contributed by atoms with E-state index >= 15 is 0 Å². The van der Waals surface area contributed by atoms with Crippen molar-refractivity contribution in [3.8, 4) is 5.75 Å². The number of hydrogen-bond acceptors (Lipinski definition) is 8. The Morgan fingerprint density at radius 3 is 2.58 bits per heavy atom. The molecule has 0 radical (unpaired) electrons. The Morgan fingerprint density at radius 1 is 1.06 bits per heavy atom. The number of nitrogens with zero attached hydrogens (tertiary/aromatic N) is 3. The second kappa shape index (κ2) is 8.72. The number of likely N-dealkylation sites (tertiary alicyclic amines) is 1. The van der Waals surface area contributed by atoms with Crippen molar-refractivity contribution in [2.24, 2.45) is 11.5 Å². The van der Waals surface area contributed by atoms with Gasteiger partial charge in [0.05, 0.1) is 17.4 Å². The molecule has 0 amide bonds. The zero-order valence-electron chi connectivity index (χ0n) is 17.4. The van der Waals surface area contributed by atoms with Crippen LogP contribution in [0.3, 0.4) is 0 Å². The van der Waals surface area contributed by atoms with Gasteiger partial charge in [0.25, 0.3) is 0 Å². The van der Waals surface area contributed by atoms with Gasteiger partial charge in [-0.1, -0.05) is 30.3 Å². The van der Waals surface area contributed by atoms with Crippen LogP contribution < -0.4 is 21.5 Å². The van der Waals surface area contributed by atoms with Gasteiger partial charge in [0.1, 0.15) is 28.9 Å². The van der Waals surface area contributed by atoms with Crippen LogP contribution in [0.1, 0.15) is 24.1 Å². The molecular formula is C23H28N6OS. The van der Waals surface area contributed by atoms with E-state index in [-0.39, 0.29) is 5.50 Å². The fourth-order valence-corrected chi connectivity index (χ4v) is 5.96. The van der Waals surface area contributed by atoms with Crippen molar-refractivity contribution in [2.75, 3.05) is 26.2 Å². The minimum Gasteiger partial charge on any atom is -0.492 e. The van der Waals surface area contributed by atoms with E-state index in [0.29, 0.717) is 6.61 Å². The Balaban J connectivity index is 1.45. The molecule has 5 N–H and O–H groups in total. The van der Waals surface area contributed by atoms with Crippen LogP contribution in [0.2, 0.25) is 0 Å². The average molecular weight is 437 g/mol. The summed E-state index contributed by atoms with van der Waals surface area (Å²) in [6.07, 6.45) is 3.80. The molecule has 2 aromatic carbocycles. The van der Waals surface area contributed by atoms with E-state index in [4.69, 9.17) is 21.2 Å². The molecule has 3 unspecified atom stereocenters. The normalized spacial score (nSPS) is 26.5. The van der Waals surface area contributed by atoms with Gasteiger partial charge in [0, 0.05) is 11.9 Å². The Labute approximate surface area is 186 Å². The third kappa shape index (κ3) is 3.90. The minimum absolute atomic E-state index is 0.292. The topological polar surface area (TPSA) is 102 Å². The molecule has 31 heavy (non-hydrogen) atoms. The first-order valence-electron chi connectivity index (χ1n) is 10.8. The van der Waals surface area contributed by atoms with Crippen molar-refractivity contribution in [1.82, 2.24) is 20.2 Å². The molecule has 2 fully saturated rings. The Hall–Kier alpha value is -2.23. The van der Waals surface area contributed by atoms with Crippen LogP contribution >= 0.6 is 11.8 Å². The number of nitrogens with two attached hydrogens (primary N) is 2. The number of benzene rings is 2. The lowest BCUT2D eigenvalue weighted by atomic mass is 9.89. The molecule has 1 aromatic heterocycles. The van der Waals surface area contributed by atoms with E-state index < -0.39 is 10.9 Å². The standard InChI is InChI=1S/C23H28N6OS/c24-21-23(31-22(25)28-21,20-18-5-1-2-6-19(18)26-15-27-20)16-7-9-17(10-8-16)30-14-13-29-11-3-4-12-29/h1-2,5-10,15,21-22,28H,3-4,11-14,24-25H2. The maximum absolute atomic E-state index is 6.64. The number of aromatic nitrogens is 2. The van der Waals surface area contributed by atoms with E-state index in [1.165, 1.54) is 25.9 Å². The molecule has 3 aromatic rings. The van der Waals surface area contributed by atoms with Gasteiger partial charge in [0.15, 0.2) is 0 Å². The van der Waals surface area contributed by atoms with E-state index in [1.807, 2.05) is 36.4 Å². The summed E-state index contributed by atoms with van der Waals surface area (Å²) in [7, 11) is 0. The number of fused-ring (bicyclic) bond motifs is 1. The Bertz CT molecular complexity index is 1040. The van der Waals surface area contributed by atoms with Crippen molar-refractivity contribution in [3.05, 3.63) is 66.1 Å². The summed E-state index contributed by atoms with van der Waals surface area (Å²) in [5, 5.41) is 4.25. The molecule has 0 spiro atoms. The summed E-state index contributed by atoms with van der Waals surface area (Å²) in [4.78, 5) is 11.6. The highest BCUT2D eigenvalue weighted by Crippen LogP contribution is 2.50. The summed E-state index contributed by atoms with van der Waals surface area (Å²) in [6.45, 7) is 4.03. The summed E-state index contributed by atoms with van der Waals surface area (Å²) in [5.74, 6) is 0.861. The van der Waals surface area contributed by atoms with Crippen LogP contribution in [0.25, 0.3) is 10.9 Å². The van der Waals surface area contributed by atoms with E-state index in [9.17, 15) is 0 Å². The highest BCUT2D eigenvalue weighted by Gasteiger charge is 2.50. The number of ether oxygens (including phenoxy) is 1. The highest BCUT2D eigenvalue weighted by molar-refractivity contribution is 8.01. The molecule has 3 heterocycles. The van der Waals surface area contributed by atoms with Crippen LogP contribution in [0.15, 0.2) is 54.9 Å². The fourth-order valence-electron chi connectivity index (χ4n) is 4.59. The first-order valence-corrected chi connectivity index (χ1v) is 11.7. The third-order valence-corrected chi connectivity index (χ3v) is 7.59. The molecule has 3 atom stereocenters. The average Bonchev–Trinajstić information content (AvgIpc) is 3.41. The first kappa shape index (κ1) is 20.7. The van der Waals surface area contributed by atoms with Crippen LogP contribution in [-0.4, -0.2) is 52.8 Å². The smallest absolute Gasteiger partial charge is 0.119 e. The summed E-state index contributed by atoms with van der Waals surface area (Å²) < 4.78 is 5.37. The van der Waals surface area contributed by atoms with Crippen molar-refractivity contribution in [1.29, 1.82) is 0 Å². The number of nitrogens with one attached hydrogen (secondary N) is 1. The lowest BCUT2D eigenvalue weighted by Gasteiger charge is -2.32. The zero-order chi connectivity index (χ0) is 21.3. The minimum atomic E-state index is -0.629. The molecule has 0 bridgehead atoms. The van der Waals surface area contributed by atoms with Gasteiger partial charge >= 0.3 is 0 Å². The van der Waals surface area contributed by atoms with Gasteiger partial charge < -0.3 is 16.2 Å². The fraction of sp³-hybridized carbons (Fsp3) is 0.391. The largest absolute Gasteiger partial charge is 0.492 e. The van der Waals surface area contributed by atoms with Crippen LogP contribution in [-0.2, 0) is 4.75 Å². The van der Waals surface area contributed by atoms with E-state index in [1.54, 1.807) is 18.1 Å². The number of rotatable bonds is 6. The second-order valence-electron chi connectivity index (χ2n) is 8.08. The highest BCUT2D eigenvalue weighted by atomic mass is 32.2. The van der Waals surface area contributed by atoms with Crippen molar-refractivity contribution >= 4 is 22.7 Å². The first-order chi connectivity index (χ1) is 15.2. The Morgan fingerprint density at radius 2 is 1.84 bits per heavy atom. The number of hydrogen-bond donors (Lipinski definition) is 3. The van der Waals surface area contributed by atoms with Gasteiger partial charge in [0.2, 0.25) is 0 Å². The molecule has 2 saturated heterocycles. The van der Waals surface area contributed by atoms with Gasteiger partial charge in [-0.3, -0.25) is 10.2 Å². The van der Waals surface area contributed by atoms with Crippen LogP contribution in [0, 0.1) is 0 Å². The predicted molar refractivity (Wildman–Crippen MR) is 125 cm³/mol. The second-order valence-corrected chi connectivity index (χ2v) is 9.47. The maximum Gasteiger partial charge on any atom is 0.119 e. The van der Waals surface area contributed by atoms with Gasteiger partial charge in [-0.2, -0.15) is 0 Å².